The van der Waals surface area contributed by atoms with Crippen LogP contribution in [0.1, 0.15) is 22.8 Å². The summed E-state index contributed by atoms with van der Waals surface area (Å²) in [6.45, 7) is 3.84. The maximum atomic E-state index is 12.3. The van der Waals surface area contributed by atoms with Crippen molar-refractivity contribution in [3.05, 3.63) is 84.2 Å². The fourth-order valence-electron chi connectivity index (χ4n) is 2.46. The van der Waals surface area contributed by atoms with E-state index in [4.69, 9.17) is 0 Å². The van der Waals surface area contributed by atoms with Crippen LogP contribution in [0.5, 0.6) is 0 Å². The fraction of sp³-hybridized carbons (Fsp3) is 0.136. The topological polar surface area (TPSA) is 71.1 Å². The van der Waals surface area contributed by atoms with E-state index in [1.165, 1.54) is 11.8 Å². The van der Waals surface area contributed by atoms with Gasteiger partial charge in [-0.05, 0) is 62.4 Å². The highest BCUT2D eigenvalue weighted by atomic mass is 32.2. The first kappa shape index (κ1) is 19.6. The molecule has 0 saturated heterocycles. The number of hydrogen-bond acceptors (Lipinski definition) is 4. The highest BCUT2D eigenvalue weighted by molar-refractivity contribution is 8.00. The van der Waals surface area contributed by atoms with Gasteiger partial charge < -0.3 is 10.6 Å². The van der Waals surface area contributed by atoms with Gasteiger partial charge >= 0.3 is 0 Å². The molecule has 0 aliphatic heterocycles. The molecule has 1 aromatic heterocycles. The summed E-state index contributed by atoms with van der Waals surface area (Å²) >= 11 is 1.46. The minimum atomic E-state index is -0.263. The third kappa shape index (κ3) is 5.44. The predicted molar refractivity (Wildman–Crippen MR) is 114 cm³/mol. The van der Waals surface area contributed by atoms with Crippen LogP contribution in [0.4, 0.5) is 11.4 Å². The molecule has 2 amide bonds. The van der Waals surface area contributed by atoms with Gasteiger partial charge in [-0.25, -0.2) is 0 Å². The number of carbonyl (C=O) groups is 2. The van der Waals surface area contributed by atoms with Gasteiger partial charge in [0, 0.05) is 34.2 Å². The molecule has 3 aromatic rings. The summed E-state index contributed by atoms with van der Waals surface area (Å²) in [6, 6.07) is 18.4. The van der Waals surface area contributed by atoms with E-state index in [9.17, 15) is 9.59 Å². The number of benzene rings is 2. The van der Waals surface area contributed by atoms with Crippen molar-refractivity contribution in [2.24, 2.45) is 0 Å². The summed E-state index contributed by atoms with van der Waals surface area (Å²) in [5.41, 5.74) is 3.16. The standard InChI is InChI=1S/C22H21N3O2S/c1-15-3-5-17(6-4-15)22(27)25-18-7-9-20(10-8-18)28-16(2)21(26)24-19-11-13-23-14-12-19/h3-14,16H,1-2H3,(H,25,27)(H,23,24,26). The molecular formula is C22H21N3O2S. The van der Waals surface area contributed by atoms with Crippen LogP contribution >= 0.6 is 11.8 Å². The number of thioether (sulfide) groups is 1. The minimum Gasteiger partial charge on any atom is -0.325 e. The fourth-order valence-corrected chi connectivity index (χ4v) is 3.33. The van der Waals surface area contributed by atoms with Crippen LogP contribution in [0.25, 0.3) is 0 Å². The molecule has 1 atom stereocenters. The van der Waals surface area contributed by atoms with Gasteiger partial charge in [0.2, 0.25) is 5.91 Å². The van der Waals surface area contributed by atoms with E-state index in [0.29, 0.717) is 11.3 Å². The van der Waals surface area contributed by atoms with Gasteiger partial charge in [0.1, 0.15) is 0 Å². The molecule has 2 aromatic carbocycles. The molecule has 0 saturated carbocycles. The lowest BCUT2D eigenvalue weighted by molar-refractivity contribution is -0.115. The Morgan fingerprint density at radius 1 is 0.857 bits per heavy atom. The molecular weight excluding hydrogens is 370 g/mol. The van der Waals surface area contributed by atoms with Crippen LogP contribution in [-0.2, 0) is 4.79 Å². The third-order valence-corrected chi connectivity index (χ3v) is 5.17. The summed E-state index contributed by atoms with van der Waals surface area (Å²) < 4.78 is 0. The number of carbonyl (C=O) groups excluding carboxylic acids is 2. The summed E-state index contributed by atoms with van der Waals surface area (Å²) in [7, 11) is 0. The number of nitrogens with one attached hydrogen (secondary N) is 2. The third-order valence-electron chi connectivity index (χ3n) is 4.06. The van der Waals surface area contributed by atoms with Crippen molar-refractivity contribution in [3.63, 3.8) is 0 Å². The van der Waals surface area contributed by atoms with E-state index in [0.717, 1.165) is 16.1 Å². The summed E-state index contributed by atoms with van der Waals surface area (Å²) in [5.74, 6) is -0.224. The van der Waals surface area contributed by atoms with Gasteiger partial charge in [0.05, 0.1) is 5.25 Å². The average molecular weight is 391 g/mol. The van der Waals surface area contributed by atoms with Crippen molar-refractivity contribution in [1.29, 1.82) is 0 Å². The maximum Gasteiger partial charge on any atom is 0.255 e. The van der Waals surface area contributed by atoms with Crippen molar-refractivity contribution in [2.45, 2.75) is 24.0 Å². The molecule has 6 heteroatoms. The van der Waals surface area contributed by atoms with Gasteiger partial charge in [0.25, 0.3) is 5.91 Å². The van der Waals surface area contributed by atoms with Crippen LogP contribution in [-0.4, -0.2) is 22.0 Å². The zero-order valence-electron chi connectivity index (χ0n) is 15.7. The molecule has 3 rings (SSSR count). The second-order valence-corrected chi connectivity index (χ2v) is 7.74. The van der Waals surface area contributed by atoms with Gasteiger partial charge in [-0.3, -0.25) is 14.6 Å². The number of rotatable bonds is 6. The summed E-state index contributed by atoms with van der Waals surface area (Å²) in [5, 5.41) is 5.48. The Morgan fingerprint density at radius 2 is 1.46 bits per heavy atom. The Balaban J connectivity index is 1.55. The Kier molecular flexibility index (Phi) is 6.45. The molecule has 0 radical (unpaired) electrons. The lowest BCUT2D eigenvalue weighted by atomic mass is 10.1. The van der Waals surface area contributed by atoms with E-state index in [2.05, 4.69) is 15.6 Å². The van der Waals surface area contributed by atoms with Crippen molar-refractivity contribution < 1.29 is 9.59 Å². The molecule has 0 fully saturated rings. The van der Waals surface area contributed by atoms with Gasteiger partial charge in [0.15, 0.2) is 0 Å². The van der Waals surface area contributed by atoms with E-state index in [-0.39, 0.29) is 17.1 Å². The van der Waals surface area contributed by atoms with E-state index in [1.54, 1.807) is 36.7 Å². The number of nitrogens with zero attached hydrogens (tertiary/aromatic N) is 1. The van der Waals surface area contributed by atoms with E-state index < -0.39 is 0 Å². The Labute approximate surface area is 168 Å². The van der Waals surface area contributed by atoms with E-state index >= 15 is 0 Å². The van der Waals surface area contributed by atoms with Crippen molar-refractivity contribution in [3.8, 4) is 0 Å². The molecule has 2 N–H and O–H groups in total. The van der Waals surface area contributed by atoms with Crippen LogP contribution < -0.4 is 10.6 Å². The first-order valence-electron chi connectivity index (χ1n) is 8.87. The predicted octanol–water partition coefficient (Wildman–Crippen LogP) is 4.76. The monoisotopic (exact) mass is 391 g/mol. The molecule has 0 aliphatic carbocycles. The number of anilines is 2. The molecule has 1 unspecified atom stereocenters. The number of aryl methyl sites for hydroxylation is 1. The SMILES string of the molecule is Cc1ccc(C(=O)Nc2ccc(SC(C)C(=O)Nc3ccncc3)cc2)cc1. The minimum absolute atomic E-state index is 0.0760. The molecule has 5 nitrogen and oxygen atoms in total. The lowest BCUT2D eigenvalue weighted by Gasteiger charge is -2.12. The lowest BCUT2D eigenvalue weighted by Crippen LogP contribution is -2.22. The van der Waals surface area contributed by atoms with Gasteiger partial charge in [-0.15, -0.1) is 11.8 Å². The normalized spacial score (nSPS) is 11.5. The summed E-state index contributed by atoms with van der Waals surface area (Å²) in [4.78, 5) is 29.5. The highest BCUT2D eigenvalue weighted by Crippen LogP contribution is 2.25. The van der Waals surface area contributed by atoms with Crippen molar-refractivity contribution in [2.75, 3.05) is 10.6 Å². The second kappa shape index (κ2) is 9.19. The number of pyridine rings is 1. The quantitative estimate of drug-likeness (QED) is 0.594. The van der Waals surface area contributed by atoms with Crippen LogP contribution in [0.3, 0.4) is 0 Å². The Hall–Kier alpha value is -3.12. The largest absolute Gasteiger partial charge is 0.325 e. The van der Waals surface area contributed by atoms with Crippen LogP contribution in [0, 0.1) is 6.92 Å². The second-order valence-electron chi connectivity index (χ2n) is 6.33. The Morgan fingerprint density at radius 3 is 2.11 bits per heavy atom. The van der Waals surface area contributed by atoms with Crippen molar-refractivity contribution >= 4 is 35.0 Å². The van der Waals surface area contributed by atoms with Gasteiger partial charge in [-0.2, -0.15) is 0 Å². The molecule has 142 valence electrons. The number of aromatic nitrogens is 1. The molecule has 0 spiro atoms. The van der Waals surface area contributed by atoms with Crippen LogP contribution in [0.2, 0.25) is 0 Å². The van der Waals surface area contributed by atoms with Crippen LogP contribution in [0.15, 0.2) is 78.0 Å². The highest BCUT2D eigenvalue weighted by Gasteiger charge is 2.14. The molecule has 28 heavy (non-hydrogen) atoms. The summed E-state index contributed by atoms with van der Waals surface area (Å²) in [6.07, 6.45) is 3.27. The Bertz CT molecular complexity index is 942. The van der Waals surface area contributed by atoms with Gasteiger partial charge in [-0.1, -0.05) is 17.7 Å². The smallest absolute Gasteiger partial charge is 0.255 e. The zero-order chi connectivity index (χ0) is 19.9. The molecule has 0 bridgehead atoms. The average Bonchev–Trinajstić information content (AvgIpc) is 2.70. The van der Waals surface area contributed by atoms with Crippen molar-refractivity contribution in [1.82, 2.24) is 4.98 Å². The molecule has 0 aliphatic rings. The first-order valence-corrected chi connectivity index (χ1v) is 9.75. The zero-order valence-corrected chi connectivity index (χ0v) is 16.5. The van der Waals surface area contributed by atoms with E-state index in [1.807, 2.05) is 50.2 Å². The number of hydrogen-bond donors (Lipinski definition) is 2. The molecule has 1 heterocycles. The first-order chi connectivity index (χ1) is 13.5. The number of amides is 2. The maximum absolute atomic E-state index is 12.3.